The van der Waals surface area contributed by atoms with Crippen LogP contribution in [0.15, 0.2) is 158 Å². The molecule has 0 saturated heterocycles. The number of hydrogen-bond donors (Lipinski definition) is 12. The minimum atomic E-state index is -5.13. The number of urea groups is 1. The van der Waals surface area contributed by atoms with Gasteiger partial charge in [0.25, 0.3) is 54.0 Å². The number of amides is 6. The summed E-state index contributed by atoms with van der Waals surface area (Å²) in [7, 11) is -15.2. The van der Waals surface area contributed by atoms with Gasteiger partial charge in [-0.3, -0.25) is 37.4 Å². The van der Waals surface area contributed by atoms with Crippen LogP contribution in [0.25, 0.3) is 21.5 Å². The summed E-state index contributed by atoms with van der Waals surface area (Å²) in [6, 6.07) is 26.9. The summed E-state index contributed by atoms with van der Waals surface area (Å²) in [6.45, 7) is 3.25. The fourth-order valence-corrected chi connectivity index (χ4v) is 11.6. The topological polar surface area (TPSA) is 445 Å². The first-order valence-corrected chi connectivity index (χ1v) is 30.4. The van der Waals surface area contributed by atoms with E-state index in [0.29, 0.717) is 23.2 Å². The van der Waals surface area contributed by atoms with Crippen molar-refractivity contribution >= 4 is 151 Å². The zero-order chi connectivity index (χ0) is 62.4. The molecule has 8 aromatic carbocycles. The molecular formula is C51H40N6O23S6. The largest absolute Gasteiger partial charge is 0.380 e. The lowest BCUT2D eigenvalue weighted by Crippen LogP contribution is -2.21. The Morgan fingerprint density at radius 1 is 0.465 bits per heavy atom. The van der Waals surface area contributed by atoms with Crippen molar-refractivity contribution in [3.8, 4) is 5.75 Å². The van der Waals surface area contributed by atoms with Crippen molar-refractivity contribution in [3.05, 3.63) is 167 Å². The monoisotopic (exact) mass is 1300 g/mol. The molecule has 86 heavy (non-hydrogen) atoms. The Hall–Kier alpha value is -8.47. The third-order valence-corrected chi connectivity index (χ3v) is 16.4. The number of aryl methyl sites for hydroxylation is 2. The van der Waals surface area contributed by atoms with Gasteiger partial charge in [-0.05, 0) is 128 Å². The minimum Gasteiger partial charge on any atom is -0.380 e. The molecule has 0 aliphatic heterocycles. The second-order valence-electron chi connectivity index (χ2n) is 17.7. The van der Waals surface area contributed by atoms with Crippen molar-refractivity contribution in [1.29, 1.82) is 0 Å². The van der Waals surface area contributed by atoms with Crippen molar-refractivity contribution in [1.82, 2.24) is 0 Å². The van der Waals surface area contributed by atoms with Crippen LogP contribution in [0.4, 0.5) is 38.9 Å². The SMILES string of the molecule is Cc1ccc(C(=O)Nc2ccc(S(=O)(=O)O)c3cc(S(=O)(=O)O)cc(SOOO)c23)cc1NC(=O)c1cccc(NC(=O)Nc2cccc(C(=O)Nc3cc(C(=O)Nc4ccc(SOOO)c5cc(OS(=O)O)cc(S(=O)(=O)O)c45)ccc3C)c2)c1. The lowest BCUT2D eigenvalue weighted by Gasteiger charge is -2.16. The Kier molecular flexibility index (Phi) is 19.5. The van der Waals surface area contributed by atoms with Crippen molar-refractivity contribution in [2.24, 2.45) is 0 Å². The minimum absolute atomic E-state index is 0.0197. The molecule has 8 aromatic rings. The normalized spacial score (nSPS) is 12.0. The smallest absolute Gasteiger partial charge is 0.357 e. The summed E-state index contributed by atoms with van der Waals surface area (Å²) in [5.74, 6) is -3.55. The quantitative estimate of drug-likeness (QED) is 0.0105. The molecule has 8 rings (SSSR count). The highest BCUT2D eigenvalue weighted by molar-refractivity contribution is 7.95. The number of fused-ring (bicyclic) bond motifs is 2. The number of nitrogens with one attached hydrogen (secondary N) is 6. The fourth-order valence-electron chi connectivity index (χ4n) is 8.29. The van der Waals surface area contributed by atoms with E-state index in [1.54, 1.807) is 13.8 Å². The number of rotatable bonds is 21. The Bertz CT molecular complexity index is 4480. The molecule has 448 valence electrons. The standard InChI is InChI=1S/C51H40N6O23S6/c1-25-9-11-29(49(60)54-37-14-16-43(85(70,71)72)36-23-34(84(67,68)69)24-42(45(36)37)82-80-78-64)19-39(25)56-47(58)27-5-3-7-31(17-27)52-51(62)53-32-8-4-6-28(18-32)48(59)57-40-20-30(12-10-26(40)2)50(61)55-38-13-15-41(81-79-77-63)35-21-33(76-83(65)66)22-44(46(35)38)86(73,74)75/h3-24,63-64H,1-2H3,(H,54,60)(H,55,61)(H,56,58)(H,57,59)(H,65,66)(H2,52,53,62)(H,67,68,69)(H,70,71,72)(H,73,74,75). The molecule has 0 aliphatic rings. The summed E-state index contributed by atoms with van der Waals surface area (Å²) in [5.41, 5.74) is 1.17. The molecule has 0 spiro atoms. The maximum absolute atomic E-state index is 13.8. The highest BCUT2D eigenvalue weighted by Crippen LogP contribution is 2.42. The average molecular weight is 1300 g/mol. The first-order valence-electron chi connectivity index (χ1n) is 23.6. The van der Waals surface area contributed by atoms with Crippen LogP contribution < -0.4 is 36.1 Å². The van der Waals surface area contributed by atoms with Crippen LogP contribution in [0, 0.1) is 13.8 Å². The molecule has 0 heterocycles. The molecule has 0 bridgehead atoms. The molecule has 0 saturated carbocycles. The average Bonchev–Trinajstić information content (AvgIpc) is 1.26. The first-order chi connectivity index (χ1) is 40.6. The Morgan fingerprint density at radius 2 is 0.930 bits per heavy atom. The van der Waals surface area contributed by atoms with E-state index >= 15 is 0 Å². The third kappa shape index (κ3) is 15.3. The first kappa shape index (κ1) is 63.5. The van der Waals surface area contributed by atoms with Gasteiger partial charge >= 0.3 is 17.4 Å². The zero-order valence-corrected chi connectivity index (χ0v) is 48.2. The molecule has 0 aromatic heterocycles. The number of benzene rings is 8. The summed E-state index contributed by atoms with van der Waals surface area (Å²) >= 11 is -2.42. The van der Waals surface area contributed by atoms with Gasteiger partial charge in [0.15, 0.2) is 0 Å². The maximum Gasteiger partial charge on any atom is 0.357 e. The number of carbonyl (C=O) groups is 5. The van der Waals surface area contributed by atoms with E-state index < -0.39 is 97.2 Å². The van der Waals surface area contributed by atoms with E-state index in [2.05, 4.69) is 50.6 Å². The zero-order valence-electron chi connectivity index (χ0n) is 43.3. The second kappa shape index (κ2) is 26.4. The Labute approximate surface area is 496 Å². The molecule has 0 fully saturated rings. The van der Waals surface area contributed by atoms with Crippen LogP contribution in [0.2, 0.25) is 0 Å². The van der Waals surface area contributed by atoms with Gasteiger partial charge in [-0.25, -0.2) is 15.3 Å². The molecule has 1 unspecified atom stereocenters. The Morgan fingerprint density at radius 3 is 1.41 bits per heavy atom. The summed E-state index contributed by atoms with van der Waals surface area (Å²) < 4.78 is 138. The fraction of sp³-hybridized carbons (Fsp3) is 0.0392. The van der Waals surface area contributed by atoms with Gasteiger partial charge in [0.1, 0.15) is 15.5 Å². The predicted octanol–water partition coefficient (Wildman–Crippen LogP) is 9.38. The summed E-state index contributed by atoms with van der Waals surface area (Å²) in [6.07, 6.45) is 0. The van der Waals surface area contributed by atoms with Crippen LogP contribution in [0.3, 0.4) is 0 Å². The van der Waals surface area contributed by atoms with Gasteiger partial charge in [-0.1, -0.05) is 34.3 Å². The molecule has 35 heteroatoms. The van der Waals surface area contributed by atoms with Crippen LogP contribution >= 0.6 is 24.1 Å². The maximum atomic E-state index is 13.8. The van der Waals surface area contributed by atoms with E-state index in [1.165, 1.54) is 97.1 Å². The molecule has 0 aliphatic carbocycles. The van der Waals surface area contributed by atoms with E-state index in [-0.39, 0.29) is 94.4 Å². The molecule has 0 radical (unpaired) electrons. The van der Waals surface area contributed by atoms with Gasteiger partial charge in [0.2, 0.25) is 0 Å². The highest BCUT2D eigenvalue weighted by atomic mass is 32.2. The van der Waals surface area contributed by atoms with E-state index in [4.69, 9.17) is 14.7 Å². The second-order valence-corrected chi connectivity index (χ2v) is 24.0. The summed E-state index contributed by atoms with van der Waals surface area (Å²) in [4.78, 5) is 65.3. The van der Waals surface area contributed by atoms with E-state index in [0.717, 1.165) is 36.4 Å². The van der Waals surface area contributed by atoms with Crippen molar-refractivity contribution in [2.75, 3.05) is 31.9 Å². The highest BCUT2D eigenvalue weighted by Gasteiger charge is 2.27. The number of hydrogen-bond acceptors (Lipinski definition) is 21. The van der Waals surface area contributed by atoms with Crippen LogP contribution in [-0.4, -0.2) is 87.8 Å². The molecule has 29 nitrogen and oxygen atoms in total. The molecule has 12 N–H and O–H groups in total. The van der Waals surface area contributed by atoms with E-state index in [1.807, 2.05) is 0 Å². The van der Waals surface area contributed by atoms with Gasteiger partial charge in [0.05, 0.1) is 40.4 Å². The van der Waals surface area contributed by atoms with Gasteiger partial charge in [-0.2, -0.15) is 29.5 Å². The van der Waals surface area contributed by atoms with Crippen LogP contribution in [-0.2, 0) is 60.5 Å². The van der Waals surface area contributed by atoms with Crippen molar-refractivity contribution in [3.63, 3.8) is 0 Å². The van der Waals surface area contributed by atoms with Crippen molar-refractivity contribution < 1.29 is 105 Å². The van der Waals surface area contributed by atoms with Gasteiger partial charge in [0, 0.05) is 82.4 Å². The Balaban J connectivity index is 0.932. The van der Waals surface area contributed by atoms with Crippen LogP contribution in [0.1, 0.15) is 52.6 Å². The van der Waals surface area contributed by atoms with Crippen molar-refractivity contribution in [2.45, 2.75) is 38.3 Å². The summed E-state index contributed by atoms with van der Waals surface area (Å²) in [5, 5.41) is 39.3. The van der Waals surface area contributed by atoms with E-state index in [9.17, 15) is 71.6 Å². The lowest BCUT2D eigenvalue weighted by molar-refractivity contribution is -0.432. The number of anilines is 6. The van der Waals surface area contributed by atoms with Gasteiger partial charge < -0.3 is 36.1 Å². The third-order valence-electron chi connectivity index (χ3n) is 12.1. The molecule has 6 amide bonds. The molecule has 1 atom stereocenters. The lowest BCUT2D eigenvalue weighted by atomic mass is 10.1. The van der Waals surface area contributed by atoms with Gasteiger partial charge in [-0.15, -0.1) is 8.67 Å². The van der Waals surface area contributed by atoms with Crippen LogP contribution in [0.5, 0.6) is 5.75 Å². The molecular weight excluding hydrogens is 1260 g/mol. The predicted molar refractivity (Wildman–Crippen MR) is 310 cm³/mol. The number of carbonyl (C=O) groups excluding carboxylic acids is 5.